The Hall–Kier alpha value is -2.30. The maximum Gasteiger partial charge on any atom is 0.345 e. The Morgan fingerprint density at radius 3 is 2.15 bits per heavy atom. The van der Waals surface area contributed by atoms with Crippen LogP contribution in [0.4, 0.5) is 0 Å². The van der Waals surface area contributed by atoms with Gasteiger partial charge in [0.05, 0.1) is 14.2 Å². The first-order valence-electron chi connectivity index (χ1n) is 12.0. The quantitative estimate of drug-likeness (QED) is 0.278. The Kier molecular flexibility index (Phi) is 10.3. The number of nitrogens with zero attached hydrogens (tertiary/aromatic N) is 3. The summed E-state index contributed by atoms with van der Waals surface area (Å²) < 4.78 is 15.4. The van der Waals surface area contributed by atoms with Gasteiger partial charge in [-0.25, -0.2) is 9.59 Å². The number of hydrogen-bond acceptors (Lipinski definition) is 10. The lowest BCUT2D eigenvalue weighted by Gasteiger charge is -2.33. The van der Waals surface area contributed by atoms with Crippen LogP contribution in [0.3, 0.4) is 0 Å². The number of aliphatic hydroxyl groups is 1. The summed E-state index contributed by atoms with van der Waals surface area (Å²) in [7, 11) is 6.08. The number of nitrogens with one attached hydrogen (secondary N) is 1. The minimum absolute atomic E-state index is 0.192. The molecule has 39 heavy (non-hydrogen) atoms. The van der Waals surface area contributed by atoms with Gasteiger partial charge in [0, 0.05) is 75.3 Å². The fraction of sp³-hybridized carbons (Fsp3) is 0.407. The van der Waals surface area contributed by atoms with Gasteiger partial charge < -0.3 is 24.7 Å². The lowest BCUT2D eigenvalue weighted by atomic mass is 9.98. The predicted molar refractivity (Wildman–Crippen MR) is 165 cm³/mol. The number of hydrogen-bond donors (Lipinski definition) is 2. The lowest BCUT2D eigenvalue weighted by Crippen LogP contribution is -2.53. The van der Waals surface area contributed by atoms with Crippen LogP contribution in [0, 0.1) is 13.8 Å². The molecule has 3 aliphatic rings. The summed E-state index contributed by atoms with van der Waals surface area (Å²) in [5.74, 6) is -1.07. The van der Waals surface area contributed by atoms with Crippen LogP contribution in [-0.2, 0) is 36.6 Å². The molecule has 210 valence electrons. The molecular formula is C27H32I2N4O6. The Balaban J connectivity index is 0.000000203. The first kappa shape index (κ1) is 31.2. The van der Waals surface area contributed by atoms with Crippen LogP contribution in [0.5, 0.6) is 0 Å². The van der Waals surface area contributed by atoms with Gasteiger partial charge in [0.1, 0.15) is 18.2 Å². The van der Waals surface area contributed by atoms with Crippen LogP contribution in [-0.4, -0.2) is 79.7 Å². The van der Waals surface area contributed by atoms with Gasteiger partial charge in [-0.1, -0.05) is 47.5 Å². The Labute approximate surface area is 251 Å². The molecule has 2 N–H and O–H groups in total. The first-order valence-corrected chi connectivity index (χ1v) is 18.3. The molecule has 1 heterocycles. The van der Waals surface area contributed by atoms with Crippen molar-refractivity contribution in [2.24, 2.45) is 10.2 Å². The zero-order valence-corrected chi connectivity index (χ0v) is 27.0. The molecule has 2 atom stereocenters. The van der Waals surface area contributed by atoms with Crippen molar-refractivity contribution < 1.29 is 28.9 Å². The zero-order valence-electron chi connectivity index (χ0n) is 22.7. The molecule has 10 nitrogen and oxygen atoms in total. The number of carbonyl (C=O) groups excluding carboxylic acids is 2. The third-order valence-electron chi connectivity index (χ3n) is 6.72. The number of hydrazone groups is 2. The average molecular weight is 762 g/mol. The lowest BCUT2D eigenvalue weighted by molar-refractivity contribution is -0.166. The van der Waals surface area contributed by atoms with E-state index in [-0.39, 0.29) is 19.1 Å². The third kappa shape index (κ3) is 5.93. The van der Waals surface area contributed by atoms with Crippen LogP contribution >= 0.6 is 37.2 Å². The zero-order chi connectivity index (χ0) is 29.0. The molecule has 0 saturated heterocycles. The van der Waals surface area contributed by atoms with Crippen molar-refractivity contribution in [3.8, 4) is 0 Å². The van der Waals surface area contributed by atoms with E-state index in [1.54, 1.807) is 12.1 Å². The number of carbonyl (C=O) groups is 2. The molecule has 12 heteroatoms. The normalized spacial score (nSPS) is 23.2. The van der Waals surface area contributed by atoms with E-state index < -0.39 is 17.2 Å². The summed E-state index contributed by atoms with van der Waals surface area (Å²) in [5, 5.41) is 20.7. The van der Waals surface area contributed by atoms with Gasteiger partial charge >= 0.3 is 11.9 Å². The number of rotatable bonds is 3. The van der Waals surface area contributed by atoms with Crippen LogP contribution in [0.25, 0.3) is 0 Å². The van der Waals surface area contributed by atoms with E-state index in [0.717, 1.165) is 33.4 Å². The molecule has 2 aliphatic carbocycles. The maximum atomic E-state index is 12.2. The van der Waals surface area contributed by atoms with E-state index in [2.05, 4.69) is 63.7 Å². The minimum Gasteiger partial charge on any atom is -0.467 e. The second-order valence-electron chi connectivity index (χ2n) is 9.41. The summed E-state index contributed by atoms with van der Waals surface area (Å²) >= 11 is 4.24. The van der Waals surface area contributed by atoms with Crippen LogP contribution in [0.1, 0.15) is 33.4 Å². The van der Waals surface area contributed by atoms with Gasteiger partial charge in [-0.2, -0.15) is 10.2 Å². The molecular weight excluding hydrogens is 730 g/mol. The van der Waals surface area contributed by atoms with Crippen LogP contribution in [0.15, 0.2) is 46.6 Å². The molecule has 0 aromatic heterocycles. The minimum atomic E-state index is -1.70. The van der Waals surface area contributed by atoms with E-state index in [1.165, 1.54) is 14.2 Å². The number of methoxy groups -OCH3 is 2. The molecule has 0 bridgehead atoms. The number of benzene rings is 2. The number of halogens is 2. The van der Waals surface area contributed by atoms with Crippen LogP contribution < -0.4 is 5.43 Å². The third-order valence-corrected chi connectivity index (χ3v) is 6.72. The molecule has 5 rings (SSSR count). The molecule has 1 aliphatic heterocycles. The summed E-state index contributed by atoms with van der Waals surface area (Å²) in [5.41, 5.74) is 6.79. The van der Waals surface area contributed by atoms with Gasteiger partial charge in [0.15, 0.2) is 0 Å². The fourth-order valence-corrected chi connectivity index (χ4v) is 5.00. The second-order valence-corrected chi connectivity index (χ2v) is 9.41. The molecule has 2 aromatic rings. The topological polar surface area (TPSA) is 122 Å². The maximum absolute atomic E-state index is 12.2. The second kappa shape index (κ2) is 12.9. The fourth-order valence-electron chi connectivity index (χ4n) is 5.00. The standard InChI is InChI=1S/C14H16N2O3.C13H16N2O3.I2/c1-9-4-5-11-10(6-9)7-14(13(17)18-3)12(11)15-16(2)8-19-14;1-8-4-5-10-9(6-8)7-13(17,12(16)18-3)11(10)15-14-2;1-2/h4-6H,7-8H2,1-3H3;4-6,14,17H,7H2,1-3H3;/b;15-11-;. The van der Waals surface area contributed by atoms with E-state index in [4.69, 9.17) is 9.47 Å². The van der Waals surface area contributed by atoms with Crippen molar-refractivity contribution in [2.45, 2.75) is 37.9 Å². The van der Waals surface area contributed by atoms with Gasteiger partial charge in [0.25, 0.3) is 0 Å². The average Bonchev–Trinajstić information content (AvgIpc) is 3.41. The molecule has 0 spiro atoms. The van der Waals surface area contributed by atoms with E-state index in [0.29, 0.717) is 17.8 Å². The summed E-state index contributed by atoms with van der Waals surface area (Å²) in [6, 6.07) is 11.8. The highest BCUT2D eigenvalue weighted by atomic mass is 128. The SMILES string of the molecule is CN/N=C1/c2ccc(C)cc2CC1(O)C(=O)OC.COC(=O)C12Cc3cc(C)ccc3C1=NN(C)CO2.II. The molecule has 0 saturated carbocycles. The first-order chi connectivity index (χ1) is 18.6. The van der Waals surface area contributed by atoms with Gasteiger partial charge in [0.2, 0.25) is 11.2 Å². The van der Waals surface area contributed by atoms with Gasteiger partial charge in [-0.05, 0) is 25.0 Å². The number of aryl methyl sites for hydroxylation is 2. The molecule has 2 aromatic carbocycles. The summed E-state index contributed by atoms with van der Waals surface area (Å²) in [6.07, 6.45) is 0.681. The van der Waals surface area contributed by atoms with E-state index >= 15 is 0 Å². The predicted octanol–water partition coefficient (Wildman–Crippen LogP) is 3.24. The largest absolute Gasteiger partial charge is 0.467 e. The monoisotopic (exact) mass is 762 g/mol. The van der Waals surface area contributed by atoms with E-state index in [9.17, 15) is 14.7 Å². The Morgan fingerprint density at radius 1 is 1.03 bits per heavy atom. The highest BCUT2D eigenvalue weighted by Gasteiger charge is 2.54. The summed E-state index contributed by atoms with van der Waals surface area (Å²) in [6.45, 7) is 4.28. The molecule has 0 amide bonds. The van der Waals surface area contributed by atoms with E-state index in [1.807, 2.05) is 51.2 Å². The Morgan fingerprint density at radius 2 is 1.59 bits per heavy atom. The number of fused-ring (bicyclic) bond motifs is 4. The van der Waals surface area contributed by atoms with Gasteiger partial charge in [-0.15, -0.1) is 0 Å². The molecule has 2 unspecified atom stereocenters. The Bertz CT molecular complexity index is 1320. The van der Waals surface area contributed by atoms with Crippen molar-refractivity contribution in [1.29, 1.82) is 0 Å². The summed E-state index contributed by atoms with van der Waals surface area (Å²) in [4.78, 5) is 24.0. The smallest absolute Gasteiger partial charge is 0.345 e. The van der Waals surface area contributed by atoms with Crippen molar-refractivity contribution in [3.05, 3.63) is 69.8 Å². The number of esters is 2. The number of ether oxygens (including phenoxy) is 3. The van der Waals surface area contributed by atoms with Crippen molar-refractivity contribution in [3.63, 3.8) is 0 Å². The molecule has 0 fully saturated rings. The van der Waals surface area contributed by atoms with Gasteiger partial charge in [-0.3, -0.25) is 5.01 Å². The molecule has 0 radical (unpaired) electrons. The highest BCUT2D eigenvalue weighted by Crippen LogP contribution is 2.37. The van der Waals surface area contributed by atoms with Crippen molar-refractivity contribution in [1.82, 2.24) is 10.4 Å². The van der Waals surface area contributed by atoms with Crippen molar-refractivity contribution in [2.75, 3.05) is 35.0 Å². The van der Waals surface area contributed by atoms with Crippen LogP contribution in [0.2, 0.25) is 0 Å². The highest BCUT2D eigenvalue weighted by molar-refractivity contribution is 15.0. The van der Waals surface area contributed by atoms with Crippen molar-refractivity contribution >= 4 is 60.6 Å².